The second-order valence-electron chi connectivity index (χ2n) is 7.91. The Morgan fingerprint density at radius 2 is 1.75 bits per heavy atom. The minimum Gasteiger partial charge on any atom is -0.497 e. The molecule has 0 spiro atoms. The van der Waals surface area contributed by atoms with Crippen molar-refractivity contribution in [1.82, 2.24) is 0 Å². The third-order valence-electron chi connectivity index (χ3n) is 5.41. The summed E-state index contributed by atoms with van der Waals surface area (Å²) in [6.45, 7) is 1.60. The second-order valence-corrected chi connectivity index (χ2v) is 7.91. The minimum atomic E-state index is -0.441. The number of benzene rings is 3. The molecule has 3 aromatic carbocycles. The first-order valence-corrected chi connectivity index (χ1v) is 11.1. The Hall–Kier alpha value is -4.85. The summed E-state index contributed by atoms with van der Waals surface area (Å²) in [5.74, 6) is 0.810. The number of ether oxygens (including phenoxy) is 2. The highest BCUT2D eigenvalue weighted by Gasteiger charge is 2.08. The van der Waals surface area contributed by atoms with E-state index in [0.29, 0.717) is 28.3 Å². The number of hydrogen-bond donors (Lipinski definition) is 2. The average Bonchev–Trinajstić information content (AvgIpc) is 2.88. The van der Waals surface area contributed by atoms with Gasteiger partial charge in [-0.1, -0.05) is 35.5 Å². The van der Waals surface area contributed by atoms with Crippen molar-refractivity contribution in [3.05, 3.63) is 106 Å². The maximum absolute atomic E-state index is 12.3. The van der Waals surface area contributed by atoms with Crippen LogP contribution in [0.5, 0.6) is 11.5 Å². The lowest BCUT2D eigenvalue weighted by atomic mass is 10.1. The van der Waals surface area contributed by atoms with Gasteiger partial charge >= 0.3 is 5.63 Å². The number of aryl methyl sites for hydroxylation is 1. The van der Waals surface area contributed by atoms with Crippen LogP contribution >= 0.6 is 0 Å². The molecule has 0 unspecified atom stereocenters. The fraction of sp³-hybridized carbons (Fsp3) is 0.107. The molecule has 1 amide bonds. The maximum atomic E-state index is 12.3. The van der Waals surface area contributed by atoms with E-state index < -0.39 is 5.63 Å². The molecule has 0 radical (unpaired) electrons. The van der Waals surface area contributed by atoms with E-state index in [4.69, 9.17) is 13.9 Å². The molecule has 0 saturated carbocycles. The van der Waals surface area contributed by atoms with Gasteiger partial charge in [0.05, 0.1) is 7.11 Å². The van der Waals surface area contributed by atoms with Gasteiger partial charge in [0.1, 0.15) is 22.8 Å². The number of carbonyl (C=O) groups is 1. The number of nitrogens with zero attached hydrogens (tertiary/aromatic N) is 1. The van der Waals surface area contributed by atoms with Gasteiger partial charge in [-0.3, -0.25) is 4.79 Å². The van der Waals surface area contributed by atoms with Gasteiger partial charge in [0.25, 0.3) is 5.91 Å². The van der Waals surface area contributed by atoms with Crippen LogP contribution in [0.3, 0.4) is 0 Å². The number of hydrogen-bond acceptors (Lipinski definition) is 7. The standard InChI is InChI=1S/C28H24N2O6/c1-18-15-28(32)36-26-16-23(12-13-24(18)26)35-17-27(31)29-21-8-6-20(7-9-21)25(30-33)14-5-19-3-10-22(34-2)11-4-19/h3-16,33H,17H2,1-2H3,(H,29,31). The highest BCUT2D eigenvalue weighted by atomic mass is 16.5. The Morgan fingerprint density at radius 3 is 2.44 bits per heavy atom. The third kappa shape index (κ3) is 5.98. The Morgan fingerprint density at radius 1 is 1.03 bits per heavy atom. The van der Waals surface area contributed by atoms with E-state index in [0.717, 1.165) is 22.3 Å². The zero-order valence-electron chi connectivity index (χ0n) is 19.7. The molecule has 0 atom stereocenters. The average molecular weight is 485 g/mol. The number of fused-ring (bicyclic) bond motifs is 1. The van der Waals surface area contributed by atoms with Gasteiger partial charge in [-0.15, -0.1) is 0 Å². The summed E-state index contributed by atoms with van der Waals surface area (Å²) < 4.78 is 15.9. The summed E-state index contributed by atoms with van der Waals surface area (Å²) in [7, 11) is 1.60. The number of anilines is 1. The molecule has 0 bridgehead atoms. The summed E-state index contributed by atoms with van der Waals surface area (Å²) in [6.07, 6.45) is 3.51. The fourth-order valence-corrected chi connectivity index (χ4v) is 3.54. The van der Waals surface area contributed by atoms with Gasteiger partial charge in [-0.25, -0.2) is 4.79 Å². The van der Waals surface area contributed by atoms with E-state index >= 15 is 0 Å². The van der Waals surface area contributed by atoms with Crippen molar-refractivity contribution in [2.24, 2.45) is 5.16 Å². The van der Waals surface area contributed by atoms with E-state index in [1.54, 1.807) is 55.7 Å². The number of amides is 1. The van der Waals surface area contributed by atoms with E-state index in [2.05, 4.69) is 10.5 Å². The second kappa shape index (κ2) is 11.1. The van der Waals surface area contributed by atoms with Crippen LogP contribution in [0.2, 0.25) is 0 Å². The Balaban J connectivity index is 1.35. The lowest BCUT2D eigenvalue weighted by Crippen LogP contribution is -2.20. The van der Waals surface area contributed by atoms with Crippen LogP contribution < -0.4 is 20.4 Å². The van der Waals surface area contributed by atoms with Crippen LogP contribution in [-0.4, -0.2) is 30.5 Å². The van der Waals surface area contributed by atoms with E-state index in [-0.39, 0.29) is 12.5 Å². The van der Waals surface area contributed by atoms with Crippen molar-refractivity contribution in [3.63, 3.8) is 0 Å². The zero-order valence-corrected chi connectivity index (χ0v) is 19.7. The Labute approximate surface area is 207 Å². The molecule has 1 aromatic heterocycles. The highest BCUT2D eigenvalue weighted by molar-refractivity contribution is 6.10. The van der Waals surface area contributed by atoms with Gasteiger partial charge in [0.15, 0.2) is 6.61 Å². The molecule has 182 valence electrons. The molecule has 1 heterocycles. The molecule has 0 fully saturated rings. The van der Waals surface area contributed by atoms with E-state index in [9.17, 15) is 14.8 Å². The molecule has 4 aromatic rings. The predicted molar refractivity (Wildman–Crippen MR) is 138 cm³/mol. The summed E-state index contributed by atoms with van der Waals surface area (Å²) in [5.41, 5.74) is 3.28. The summed E-state index contributed by atoms with van der Waals surface area (Å²) >= 11 is 0. The Kier molecular flexibility index (Phi) is 7.45. The van der Waals surface area contributed by atoms with Crippen molar-refractivity contribution in [2.75, 3.05) is 19.0 Å². The first-order chi connectivity index (χ1) is 17.4. The summed E-state index contributed by atoms with van der Waals surface area (Å²) in [5, 5.41) is 16.4. The van der Waals surface area contributed by atoms with Crippen molar-refractivity contribution >= 4 is 34.4 Å². The lowest BCUT2D eigenvalue weighted by molar-refractivity contribution is -0.118. The van der Waals surface area contributed by atoms with Gasteiger partial charge < -0.3 is 24.4 Å². The first-order valence-electron chi connectivity index (χ1n) is 11.1. The van der Waals surface area contributed by atoms with Crippen LogP contribution in [0.15, 0.2) is 93.2 Å². The quantitative estimate of drug-likeness (QED) is 0.157. The number of rotatable bonds is 8. The number of oxime groups is 1. The monoisotopic (exact) mass is 484 g/mol. The summed E-state index contributed by atoms with van der Waals surface area (Å²) in [4.78, 5) is 23.9. The van der Waals surface area contributed by atoms with Crippen LogP contribution in [-0.2, 0) is 4.79 Å². The molecule has 2 N–H and O–H groups in total. The van der Waals surface area contributed by atoms with Crippen LogP contribution in [0.4, 0.5) is 5.69 Å². The number of nitrogens with one attached hydrogen (secondary N) is 1. The largest absolute Gasteiger partial charge is 0.497 e. The molecule has 8 nitrogen and oxygen atoms in total. The maximum Gasteiger partial charge on any atom is 0.336 e. The zero-order chi connectivity index (χ0) is 25.5. The topological polar surface area (TPSA) is 110 Å². The normalized spacial score (nSPS) is 11.6. The highest BCUT2D eigenvalue weighted by Crippen LogP contribution is 2.22. The van der Waals surface area contributed by atoms with Gasteiger partial charge in [0.2, 0.25) is 0 Å². The van der Waals surface area contributed by atoms with Gasteiger partial charge in [-0.2, -0.15) is 0 Å². The fourth-order valence-electron chi connectivity index (χ4n) is 3.54. The van der Waals surface area contributed by atoms with E-state index in [1.165, 1.54) is 6.07 Å². The van der Waals surface area contributed by atoms with Crippen molar-refractivity contribution < 1.29 is 23.9 Å². The van der Waals surface area contributed by atoms with Crippen molar-refractivity contribution in [3.8, 4) is 11.5 Å². The molecule has 8 heteroatoms. The van der Waals surface area contributed by atoms with Crippen molar-refractivity contribution in [2.45, 2.75) is 6.92 Å². The van der Waals surface area contributed by atoms with Crippen molar-refractivity contribution in [1.29, 1.82) is 0 Å². The van der Waals surface area contributed by atoms with Crippen LogP contribution in [0.1, 0.15) is 16.7 Å². The smallest absolute Gasteiger partial charge is 0.336 e. The molecule has 0 aliphatic rings. The summed E-state index contributed by atoms with van der Waals surface area (Å²) in [6, 6.07) is 20.8. The van der Waals surface area contributed by atoms with E-state index in [1.807, 2.05) is 37.3 Å². The Bertz CT molecular complexity index is 1490. The molecule has 0 aliphatic heterocycles. The lowest BCUT2D eigenvalue weighted by Gasteiger charge is -2.09. The van der Waals surface area contributed by atoms with Crippen LogP contribution in [0, 0.1) is 6.92 Å². The number of methoxy groups -OCH3 is 1. The number of carbonyl (C=O) groups excluding carboxylic acids is 1. The first kappa shape index (κ1) is 24.3. The molecule has 4 rings (SSSR count). The third-order valence-corrected chi connectivity index (χ3v) is 5.41. The molecule has 0 aliphatic carbocycles. The van der Waals surface area contributed by atoms with Crippen LogP contribution in [0.25, 0.3) is 17.0 Å². The molecular formula is C28H24N2O6. The molecule has 0 saturated heterocycles. The molecule has 36 heavy (non-hydrogen) atoms. The molecular weight excluding hydrogens is 460 g/mol. The van der Waals surface area contributed by atoms with Gasteiger partial charge in [-0.05, 0) is 60.5 Å². The predicted octanol–water partition coefficient (Wildman–Crippen LogP) is 5.02. The SMILES string of the molecule is COc1ccc(C=CC(=NO)c2ccc(NC(=O)COc3ccc4c(C)cc(=O)oc4c3)cc2)cc1. The number of allylic oxidation sites excluding steroid dienone is 1. The minimum absolute atomic E-state index is 0.225. The van der Waals surface area contributed by atoms with Gasteiger partial charge in [0, 0.05) is 28.8 Å².